The van der Waals surface area contributed by atoms with Crippen LogP contribution in [0.3, 0.4) is 0 Å². The van der Waals surface area contributed by atoms with E-state index in [4.69, 9.17) is 0 Å². The molecule has 0 radical (unpaired) electrons. The van der Waals surface area contributed by atoms with Gasteiger partial charge in [0.1, 0.15) is 0 Å². The van der Waals surface area contributed by atoms with Gasteiger partial charge in [0.2, 0.25) is 0 Å². The van der Waals surface area contributed by atoms with Gasteiger partial charge in [0.15, 0.2) is 0 Å². The molecule has 0 saturated carbocycles. The first-order valence-electron chi connectivity index (χ1n) is 8.08. The van der Waals surface area contributed by atoms with Crippen LogP contribution in [0.15, 0.2) is 65.6 Å². The standard InChI is InChI=1S/C20H26Ge/c1-4-21(5-2,6-3)17-20(18-13-9-7-10-14-18)19-15-11-8-12-16-19/h7-17H,4-6H2,1-3H3. The van der Waals surface area contributed by atoms with Crippen LogP contribution in [0.25, 0.3) is 5.57 Å². The molecule has 2 aromatic rings. The van der Waals surface area contributed by atoms with E-state index in [1.807, 2.05) is 0 Å². The maximum absolute atomic E-state index is 2.70. The molecule has 0 bridgehead atoms. The molecule has 0 atom stereocenters. The molecule has 2 aromatic carbocycles. The molecule has 0 fully saturated rings. The molecule has 110 valence electrons. The minimum absolute atomic E-state index is 1.36. The van der Waals surface area contributed by atoms with Gasteiger partial charge in [0, 0.05) is 0 Å². The van der Waals surface area contributed by atoms with Gasteiger partial charge in [-0.15, -0.1) is 0 Å². The van der Waals surface area contributed by atoms with E-state index in [2.05, 4.69) is 86.3 Å². The van der Waals surface area contributed by atoms with Crippen molar-refractivity contribution >= 4 is 18.8 Å². The van der Waals surface area contributed by atoms with Gasteiger partial charge in [-0.05, 0) is 0 Å². The van der Waals surface area contributed by atoms with Crippen molar-refractivity contribution in [2.24, 2.45) is 0 Å². The Morgan fingerprint density at radius 2 is 1.10 bits per heavy atom. The van der Waals surface area contributed by atoms with Crippen molar-refractivity contribution in [2.75, 3.05) is 0 Å². The monoisotopic (exact) mass is 340 g/mol. The predicted molar refractivity (Wildman–Crippen MR) is 97.2 cm³/mol. The second-order valence-corrected chi connectivity index (χ2v) is 16.5. The Morgan fingerprint density at radius 3 is 1.43 bits per heavy atom. The van der Waals surface area contributed by atoms with Crippen molar-refractivity contribution in [3.8, 4) is 0 Å². The molecule has 0 saturated heterocycles. The summed E-state index contributed by atoms with van der Waals surface area (Å²) in [5.41, 5.74) is 4.16. The van der Waals surface area contributed by atoms with Crippen LogP contribution in [-0.2, 0) is 0 Å². The average molecular weight is 339 g/mol. The number of rotatable bonds is 6. The van der Waals surface area contributed by atoms with Crippen LogP contribution in [0, 0.1) is 0 Å². The van der Waals surface area contributed by atoms with Crippen LogP contribution in [-0.4, -0.2) is 13.3 Å². The minimum atomic E-state index is -1.87. The Morgan fingerprint density at radius 1 is 0.714 bits per heavy atom. The molecule has 21 heavy (non-hydrogen) atoms. The molecule has 0 aliphatic rings. The third-order valence-corrected chi connectivity index (χ3v) is 15.5. The summed E-state index contributed by atoms with van der Waals surface area (Å²) in [5, 5.41) is 4.11. The van der Waals surface area contributed by atoms with Crippen LogP contribution in [0.2, 0.25) is 15.8 Å². The summed E-state index contributed by atoms with van der Waals surface area (Å²) >= 11 is -1.87. The number of hydrogen-bond acceptors (Lipinski definition) is 0. The van der Waals surface area contributed by atoms with Gasteiger partial charge < -0.3 is 0 Å². The maximum atomic E-state index is 2.70. The van der Waals surface area contributed by atoms with E-state index in [-0.39, 0.29) is 0 Å². The van der Waals surface area contributed by atoms with Crippen molar-refractivity contribution in [2.45, 2.75) is 36.5 Å². The van der Waals surface area contributed by atoms with Crippen LogP contribution < -0.4 is 0 Å². The third kappa shape index (κ3) is 3.88. The van der Waals surface area contributed by atoms with Gasteiger partial charge >= 0.3 is 132 Å². The Balaban J connectivity index is 2.57. The van der Waals surface area contributed by atoms with E-state index in [9.17, 15) is 0 Å². The van der Waals surface area contributed by atoms with Gasteiger partial charge in [-0.25, -0.2) is 0 Å². The van der Waals surface area contributed by atoms with Crippen LogP contribution >= 0.6 is 0 Å². The zero-order valence-corrected chi connectivity index (χ0v) is 15.6. The van der Waals surface area contributed by atoms with Crippen LogP contribution in [0.4, 0.5) is 0 Å². The molecule has 0 aliphatic carbocycles. The summed E-state index contributed by atoms with van der Waals surface area (Å²) in [6.07, 6.45) is 0. The fourth-order valence-corrected chi connectivity index (χ4v) is 9.35. The van der Waals surface area contributed by atoms with Gasteiger partial charge in [-0.3, -0.25) is 0 Å². The molecule has 0 aliphatic heterocycles. The van der Waals surface area contributed by atoms with Crippen molar-refractivity contribution < 1.29 is 0 Å². The first-order valence-corrected chi connectivity index (χ1v) is 13.7. The molecule has 0 unspecified atom stereocenters. The average Bonchev–Trinajstić information content (AvgIpc) is 2.58. The zero-order valence-electron chi connectivity index (χ0n) is 13.5. The second kappa shape index (κ2) is 7.65. The topological polar surface area (TPSA) is 0 Å². The van der Waals surface area contributed by atoms with Gasteiger partial charge in [-0.1, -0.05) is 0 Å². The summed E-state index contributed by atoms with van der Waals surface area (Å²) in [6, 6.07) is 21.7. The van der Waals surface area contributed by atoms with E-state index < -0.39 is 13.3 Å². The zero-order chi connectivity index (χ0) is 15.1. The van der Waals surface area contributed by atoms with E-state index in [1.165, 1.54) is 32.5 Å². The summed E-state index contributed by atoms with van der Waals surface area (Å²) in [6.45, 7) is 7.16. The number of hydrogen-bond donors (Lipinski definition) is 0. The van der Waals surface area contributed by atoms with Gasteiger partial charge in [0.25, 0.3) is 0 Å². The summed E-state index contributed by atoms with van der Waals surface area (Å²) in [7, 11) is 0. The summed E-state index contributed by atoms with van der Waals surface area (Å²) in [4.78, 5) is 2.70. The summed E-state index contributed by atoms with van der Waals surface area (Å²) < 4.78 is 0. The Hall–Kier alpha value is -1.28. The SMILES string of the molecule is C[CH2][Ge]([CH]=C(c1ccccc1)c1ccccc1)([CH2]C)[CH2]C. The first kappa shape index (κ1) is 16.1. The van der Waals surface area contributed by atoms with Crippen molar-refractivity contribution in [1.82, 2.24) is 0 Å². The fourth-order valence-electron chi connectivity index (χ4n) is 2.93. The van der Waals surface area contributed by atoms with Gasteiger partial charge in [-0.2, -0.15) is 0 Å². The Bertz CT molecular complexity index is 516. The van der Waals surface area contributed by atoms with Crippen LogP contribution in [0.1, 0.15) is 31.9 Å². The second-order valence-electron chi connectivity index (χ2n) is 5.71. The van der Waals surface area contributed by atoms with Crippen molar-refractivity contribution in [3.05, 3.63) is 76.7 Å². The number of benzene rings is 2. The summed E-state index contributed by atoms with van der Waals surface area (Å²) in [5.74, 6) is 0. The molecule has 1 heteroatoms. The molecule has 0 nitrogen and oxygen atoms in total. The fraction of sp³-hybridized carbons (Fsp3) is 0.300. The van der Waals surface area contributed by atoms with E-state index >= 15 is 0 Å². The van der Waals surface area contributed by atoms with E-state index in [0.29, 0.717) is 0 Å². The molecule has 2 rings (SSSR count). The van der Waals surface area contributed by atoms with Crippen molar-refractivity contribution in [3.63, 3.8) is 0 Å². The molecule has 0 aromatic heterocycles. The normalized spacial score (nSPS) is 11.2. The molecule has 0 amide bonds. The first-order chi connectivity index (χ1) is 10.2. The molecule has 0 heterocycles. The Kier molecular flexibility index (Phi) is 5.87. The predicted octanol–water partition coefficient (Wildman–Crippen LogP) is 6.17. The van der Waals surface area contributed by atoms with Crippen molar-refractivity contribution in [1.29, 1.82) is 0 Å². The van der Waals surface area contributed by atoms with Crippen LogP contribution in [0.5, 0.6) is 0 Å². The third-order valence-electron chi connectivity index (χ3n) is 4.73. The molecule has 0 N–H and O–H groups in total. The van der Waals surface area contributed by atoms with E-state index in [0.717, 1.165) is 0 Å². The molecule has 0 spiro atoms. The van der Waals surface area contributed by atoms with E-state index in [1.54, 1.807) is 0 Å². The quantitative estimate of drug-likeness (QED) is 0.553. The molecular weight excluding hydrogens is 313 g/mol. The van der Waals surface area contributed by atoms with Gasteiger partial charge in [0.05, 0.1) is 0 Å². The molecular formula is C20H26Ge. The Labute approximate surface area is 132 Å².